The van der Waals surface area contributed by atoms with Crippen LogP contribution in [0.1, 0.15) is 27.7 Å². The summed E-state index contributed by atoms with van der Waals surface area (Å²) in [4.78, 5) is 71.8. The zero-order valence-corrected chi connectivity index (χ0v) is 20.5. The minimum absolute atomic E-state index is 0.155. The van der Waals surface area contributed by atoms with Crippen molar-refractivity contribution in [2.75, 3.05) is 53.7 Å². The van der Waals surface area contributed by atoms with E-state index in [-0.39, 0.29) is 26.3 Å². The molecule has 0 rings (SSSR count). The van der Waals surface area contributed by atoms with Crippen LogP contribution in [0.3, 0.4) is 0 Å². The van der Waals surface area contributed by atoms with Gasteiger partial charge in [0.1, 0.15) is 13.2 Å². The maximum absolute atomic E-state index is 12.2. The molecule has 0 heterocycles. The maximum atomic E-state index is 12.2. The Hall–Kier alpha value is -3.12. The summed E-state index contributed by atoms with van der Waals surface area (Å²) in [5.41, 5.74) is -2.59. The summed E-state index contributed by atoms with van der Waals surface area (Å²) in [5, 5.41) is 4.77. The lowest BCUT2D eigenvalue weighted by molar-refractivity contribution is -0.151. The fourth-order valence-electron chi connectivity index (χ4n) is 2.17. The number of carbonyl (C=O) groups is 6. The molecule has 0 aromatic carbocycles. The van der Waals surface area contributed by atoms with Crippen LogP contribution in [0.4, 0.5) is 0 Å². The summed E-state index contributed by atoms with van der Waals surface area (Å²) in [6.07, 6.45) is 1.57. The van der Waals surface area contributed by atoms with Gasteiger partial charge in [-0.3, -0.25) is 19.2 Å². The van der Waals surface area contributed by atoms with E-state index in [9.17, 15) is 28.8 Å². The van der Waals surface area contributed by atoms with Gasteiger partial charge in [0.05, 0.1) is 24.0 Å². The Bertz CT molecular complexity index is 723. The molecular formula is C22H34N2O10. The molecule has 0 unspecified atom stereocenters. The summed E-state index contributed by atoms with van der Waals surface area (Å²) < 4.78 is 19.4. The molecule has 0 saturated carbocycles. The molecule has 0 atom stereocenters. The topological polar surface area (TPSA) is 163 Å². The fraction of sp³-hybridized carbons (Fsp3) is 0.636. The summed E-state index contributed by atoms with van der Waals surface area (Å²) >= 11 is 0. The second kappa shape index (κ2) is 14.9. The van der Waals surface area contributed by atoms with Gasteiger partial charge < -0.3 is 29.6 Å². The van der Waals surface area contributed by atoms with Crippen molar-refractivity contribution in [1.82, 2.24) is 10.6 Å². The van der Waals surface area contributed by atoms with Gasteiger partial charge in [0, 0.05) is 39.5 Å². The van der Waals surface area contributed by atoms with Gasteiger partial charge in [0.15, 0.2) is 0 Å². The number of Topliss-reactive ketones (excluding diaryl/α,β-unsaturated/α-hetero) is 2. The molecule has 12 heteroatoms. The molecule has 0 aliphatic heterocycles. The van der Waals surface area contributed by atoms with Crippen molar-refractivity contribution in [1.29, 1.82) is 0 Å². The van der Waals surface area contributed by atoms with E-state index < -0.39 is 59.4 Å². The Kier molecular flexibility index (Phi) is 13.5. The smallest absolute Gasteiger partial charge is 0.331 e. The molecule has 0 fully saturated rings. The largest absolute Gasteiger partial charge is 0.461 e. The number of carbonyl (C=O) groups excluding carboxylic acids is 6. The Morgan fingerprint density at radius 2 is 0.971 bits per heavy atom. The standard InChI is InChI=1S/C22H34N2O10/c1-21(2,17(27)19(29)23-9-11-31-5)13-33-15(25)7-8-16(26)34-14-22(3,4)18(28)20(30)24-10-12-32-6/h7-8H,9-14H2,1-6H3,(H,23,29)(H,24,30)/b8-7+. The molecular weight excluding hydrogens is 452 g/mol. The lowest BCUT2D eigenvalue weighted by Crippen LogP contribution is -2.43. The zero-order chi connectivity index (χ0) is 26.4. The van der Waals surface area contributed by atoms with Gasteiger partial charge in [-0.1, -0.05) is 0 Å². The van der Waals surface area contributed by atoms with E-state index in [0.29, 0.717) is 0 Å². The molecule has 0 bridgehead atoms. The molecule has 0 radical (unpaired) electrons. The van der Waals surface area contributed by atoms with Gasteiger partial charge in [-0.05, 0) is 27.7 Å². The highest BCUT2D eigenvalue weighted by Gasteiger charge is 2.35. The number of amides is 2. The molecule has 12 nitrogen and oxygen atoms in total. The van der Waals surface area contributed by atoms with Gasteiger partial charge in [0.25, 0.3) is 11.8 Å². The predicted octanol–water partition coefficient (Wildman–Crippen LogP) is -0.655. The first-order valence-electron chi connectivity index (χ1n) is 10.4. The molecule has 34 heavy (non-hydrogen) atoms. The van der Waals surface area contributed by atoms with E-state index in [2.05, 4.69) is 10.6 Å². The third kappa shape index (κ3) is 11.7. The molecule has 0 saturated heterocycles. The number of esters is 2. The van der Waals surface area contributed by atoms with Crippen molar-refractivity contribution in [3.63, 3.8) is 0 Å². The highest BCUT2D eigenvalue weighted by atomic mass is 16.5. The highest BCUT2D eigenvalue weighted by Crippen LogP contribution is 2.18. The van der Waals surface area contributed by atoms with E-state index in [4.69, 9.17) is 18.9 Å². The third-order valence-corrected chi connectivity index (χ3v) is 4.33. The molecule has 0 aromatic heterocycles. The number of rotatable bonds is 16. The van der Waals surface area contributed by atoms with Crippen LogP contribution in [-0.2, 0) is 47.7 Å². The van der Waals surface area contributed by atoms with Crippen LogP contribution in [0.15, 0.2) is 12.2 Å². The Labute approximate surface area is 198 Å². The Morgan fingerprint density at radius 1 is 0.647 bits per heavy atom. The molecule has 2 amide bonds. The summed E-state index contributed by atoms with van der Waals surface area (Å²) in [7, 11) is 2.90. The van der Waals surface area contributed by atoms with Crippen LogP contribution >= 0.6 is 0 Å². The number of hydrogen-bond donors (Lipinski definition) is 2. The van der Waals surface area contributed by atoms with E-state index in [0.717, 1.165) is 12.2 Å². The number of ether oxygens (including phenoxy) is 4. The first kappa shape index (κ1) is 30.9. The number of nitrogens with one attached hydrogen (secondary N) is 2. The van der Waals surface area contributed by atoms with Crippen LogP contribution < -0.4 is 10.6 Å². The van der Waals surface area contributed by atoms with E-state index in [1.54, 1.807) is 0 Å². The highest BCUT2D eigenvalue weighted by molar-refractivity contribution is 6.38. The van der Waals surface area contributed by atoms with Crippen molar-refractivity contribution in [2.24, 2.45) is 10.8 Å². The molecule has 0 aromatic rings. The predicted molar refractivity (Wildman–Crippen MR) is 118 cm³/mol. The molecule has 2 N–H and O–H groups in total. The second-order valence-corrected chi connectivity index (χ2v) is 8.47. The van der Waals surface area contributed by atoms with Gasteiger partial charge in [0.2, 0.25) is 11.6 Å². The van der Waals surface area contributed by atoms with Crippen LogP contribution in [0.2, 0.25) is 0 Å². The monoisotopic (exact) mass is 486 g/mol. The molecule has 0 aliphatic carbocycles. The van der Waals surface area contributed by atoms with Crippen molar-refractivity contribution in [3.05, 3.63) is 12.2 Å². The summed E-state index contributed by atoms with van der Waals surface area (Å²) in [6, 6.07) is 0. The lowest BCUT2D eigenvalue weighted by Gasteiger charge is -2.21. The van der Waals surface area contributed by atoms with Crippen molar-refractivity contribution < 1.29 is 47.7 Å². The normalized spacial score (nSPS) is 11.6. The van der Waals surface area contributed by atoms with Crippen molar-refractivity contribution >= 4 is 35.3 Å². The van der Waals surface area contributed by atoms with Gasteiger partial charge in [-0.25, -0.2) is 9.59 Å². The molecule has 192 valence electrons. The Balaban J connectivity index is 4.60. The van der Waals surface area contributed by atoms with Crippen LogP contribution in [0.25, 0.3) is 0 Å². The van der Waals surface area contributed by atoms with E-state index in [1.807, 2.05) is 0 Å². The second-order valence-electron chi connectivity index (χ2n) is 8.47. The van der Waals surface area contributed by atoms with Crippen molar-refractivity contribution in [3.8, 4) is 0 Å². The third-order valence-electron chi connectivity index (χ3n) is 4.33. The van der Waals surface area contributed by atoms with Crippen LogP contribution in [-0.4, -0.2) is 89.1 Å². The number of methoxy groups -OCH3 is 2. The van der Waals surface area contributed by atoms with Gasteiger partial charge in [-0.15, -0.1) is 0 Å². The number of hydrogen-bond acceptors (Lipinski definition) is 10. The van der Waals surface area contributed by atoms with E-state index in [1.165, 1.54) is 41.9 Å². The quantitative estimate of drug-likeness (QED) is 0.124. The van der Waals surface area contributed by atoms with Crippen LogP contribution in [0, 0.1) is 10.8 Å². The maximum Gasteiger partial charge on any atom is 0.331 e. The molecule has 0 aliphatic rings. The first-order chi connectivity index (χ1) is 15.8. The minimum atomic E-state index is -1.30. The molecule has 0 spiro atoms. The first-order valence-corrected chi connectivity index (χ1v) is 10.4. The fourth-order valence-corrected chi connectivity index (χ4v) is 2.17. The SMILES string of the molecule is COCCNC(=O)C(=O)C(C)(C)COC(=O)/C=C/C(=O)OCC(C)(C)C(=O)C(=O)NCCOC. The van der Waals surface area contributed by atoms with Gasteiger partial charge in [-0.2, -0.15) is 0 Å². The zero-order valence-electron chi connectivity index (χ0n) is 20.5. The summed E-state index contributed by atoms with van der Waals surface area (Å²) in [6.45, 7) is 5.71. The van der Waals surface area contributed by atoms with Crippen molar-refractivity contribution in [2.45, 2.75) is 27.7 Å². The summed E-state index contributed by atoms with van der Waals surface area (Å²) in [5.74, 6) is -5.10. The van der Waals surface area contributed by atoms with Crippen LogP contribution in [0.5, 0.6) is 0 Å². The average molecular weight is 487 g/mol. The van der Waals surface area contributed by atoms with Gasteiger partial charge >= 0.3 is 11.9 Å². The Morgan fingerprint density at radius 3 is 1.26 bits per heavy atom. The average Bonchev–Trinajstić information content (AvgIpc) is 2.79. The minimum Gasteiger partial charge on any atom is -0.461 e. The number of ketones is 2. The van der Waals surface area contributed by atoms with E-state index >= 15 is 0 Å². The lowest BCUT2D eigenvalue weighted by atomic mass is 9.88.